The van der Waals surface area contributed by atoms with Crippen LogP contribution in [0.25, 0.3) is 5.57 Å². The molecule has 18 heavy (non-hydrogen) atoms. The first-order chi connectivity index (χ1) is 8.22. The van der Waals surface area contributed by atoms with Crippen molar-refractivity contribution in [2.75, 3.05) is 19.7 Å². The fourth-order valence-electron chi connectivity index (χ4n) is 2.10. The van der Waals surface area contributed by atoms with E-state index in [1.54, 1.807) is 6.07 Å². The molecule has 1 heterocycles. The maximum absolute atomic E-state index is 9.41. The molecule has 5 heteroatoms. The van der Waals surface area contributed by atoms with E-state index in [0.717, 1.165) is 37.1 Å². The molecule has 0 saturated heterocycles. The lowest BCUT2D eigenvalue weighted by molar-refractivity contribution is 0.328. The second kappa shape index (κ2) is 7.37. The fourth-order valence-corrected chi connectivity index (χ4v) is 2.39. The molecule has 2 N–H and O–H groups in total. The zero-order valence-electron chi connectivity index (χ0n) is 9.88. The Morgan fingerprint density at radius 2 is 2.00 bits per heavy atom. The van der Waals surface area contributed by atoms with Gasteiger partial charge in [0.15, 0.2) is 0 Å². The Hall–Kier alpha value is -0.250. The highest BCUT2D eigenvalue weighted by Gasteiger charge is 2.13. The molecule has 1 aliphatic rings. The average Bonchev–Trinajstić information content (AvgIpc) is 2.57. The van der Waals surface area contributed by atoms with E-state index >= 15 is 0 Å². The van der Waals surface area contributed by atoms with E-state index in [-0.39, 0.29) is 19.0 Å². The SMILES string of the molecule is Cl.OCC1=C(c2ccc(Cl)c(Cl)c2)CCCNC1. The molecule has 1 aromatic carbocycles. The van der Waals surface area contributed by atoms with Crippen LogP contribution in [0.5, 0.6) is 0 Å². The maximum Gasteiger partial charge on any atom is 0.0660 e. The highest BCUT2D eigenvalue weighted by molar-refractivity contribution is 6.42. The quantitative estimate of drug-likeness (QED) is 0.876. The van der Waals surface area contributed by atoms with E-state index in [9.17, 15) is 5.11 Å². The predicted octanol–water partition coefficient (Wildman–Crippen LogP) is 3.54. The smallest absolute Gasteiger partial charge is 0.0660 e. The summed E-state index contributed by atoms with van der Waals surface area (Å²) in [6.07, 6.45) is 2.03. The van der Waals surface area contributed by atoms with E-state index in [0.29, 0.717) is 10.0 Å². The lowest BCUT2D eigenvalue weighted by Gasteiger charge is -2.11. The lowest BCUT2D eigenvalue weighted by atomic mass is 9.97. The fraction of sp³-hybridized carbons (Fsp3) is 0.385. The van der Waals surface area contributed by atoms with Crippen molar-refractivity contribution in [3.63, 3.8) is 0 Å². The van der Waals surface area contributed by atoms with Crippen LogP contribution >= 0.6 is 35.6 Å². The van der Waals surface area contributed by atoms with Crippen LogP contribution in [-0.2, 0) is 0 Å². The molecule has 0 amide bonds. The van der Waals surface area contributed by atoms with Crippen LogP contribution in [0.15, 0.2) is 23.8 Å². The minimum atomic E-state index is 0. The number of rotatable bonds is 2. The van der Waals surface area contributed by atoms with Crippen LogP contribution in [-0.4, -0.2) is 24.8 Å². The molecular weight excluding hydrogens is 293 g/mol. The van der Waals surface area contributed by atoms with Crippen molar-refractivity contribution in [2.45, 2.75) is 12.8 Å². The summed E-state index contributed by atoms with van der Waals surface area (Å²) in [5, 5.41) is 13.8. The maximum atomic E-state index is 9.41. The van der Waals surface area contributed by atoms with Crippen LogP contribution in [0.3, 0.4) is 0 Å². The van der Waals surface area contributed by atoms with Gasteiger partial charge in [0.05, 0.1) is 16.7 Å². The Kier molecular flexibility index (Phi) is 6.47. The van der Waals surface area contributed by atoms with Gasteiger partial charge in [-0.2, -0.15) is 0 Å². The summed E-state index contributed by atoms with van der Waals surface area (Å²) in [5.74, 6) is 0. The van der Waals surface area contributed by atoms with Crippen molar-refractivity contribution in [2.24, 2.45) is 0 Å². The van der Waals surface area contributed by atoms with Crippen molar-refractivity contribution in [1.29, 1.82) is 0 Å². The highest BCUT2D eigenvalue weighted by atomic mass is 35.5. The zero-order valence-corrected chi connectivity index (χ0v) is 12.2. The standard InChI is InChI=1S/C13H15Cl2NO.ClH/c14-12-4-3-9(6-13(12)15)11-2-1-5-16-7-10(11)8-17;/h3-4,6,16-17H,1-2,5,7-8H2;1H. The van der Waals surface area contributed by atoms with Crippen LogP contribution < -0.4 is 5.32 Å². The second-order valence-electron chi connectivity index (χ2n) is 4.15. The summed E-state index contributed by atoms with van der Waals surface area (Å²) < 4.78 is 0. The Balaban J connectivity index is 0.00000162. The topological polar surface area (TPSA) is 32.3 Å². The molecule has 2 rings (SSSR count). The van der Waals surface area contributed by atoms with Crippen LogP contribution in [0.2, 0.25) is 10.0 Å². The number of nitrogens with one attached hydrogen (secondary N) is 1. The minimum Gasteiger partial charge on any atom is -0.392 e. The third-order valence-electron chi connectivity index (χ3n) is 3.00. The van der Waals surface area contributed by atoms with E-state index in [4.69, 9.17) is 23.2 Å². The van der Waals surface area contributed by atoms with Gasteiger partial charge in [-0.05, 0) is 48.2 Å². The molecule has 0 bridgehead atoms. The van der Waals surface area contributed by atoms with Gasteiger partial charge < -0.3 is 10.4 Å². The van der Waals surface area contributed by atoms with Crippen molar-refractivity contribution in [3.05, 3.63) is 39.4 Å². The highest BCUT2D eigenvalue weighted by Crippen LogP contribution is 2.30. The van der Waals surface area contributed by atoms with Gasteiger partial charge in [0.1, 0.15) is 0 Å². The normalized spacial score (nSPS) is 16.2. The molecule has 0 atom stereocenters. The number of hydrogen-bond donors (Lipinski definition) is 2. The Bertz CT molecular complexity index is 446. The summed E-state index contributed by atoms with van der Waals surface area (Å²) in [6, 6.07) is 5.64. The first kappa shape index (κ1) is 15.8. The van der Waals surface area contributed by atoms with Crippen molar-refractivity contribution in [1.82, 2.24) is 5.32 Å². The number of allylic oxidation sites excluding steroid dienone is 1. The number of halogens is 3. The second-order valence-corrected chi connectivity index (χ2v) is 4.96. The molecule has 0 aromatic heterocycles. The first-order valence-electron chi connectivity index (χ1n) is 5.70. The monoisotopic (exact) mass is 307 g/mol. The van der Waals surface area contributed by atoms with Gasteiger partial charge in [-0.15, -0.1) is 12.4 Å². The van der Waals surface area contributed by atoms with Crippen LogP contribution in [0.1, 0.15) is 18.4 Å². The van der Waals surface area contributed by atoms with E-state index in [1.165, 1.54) is 5.57 Å². The molecule has 1 aromatic rings. The molecule has 2 nitrogen and oxygen atoms in total. The molecular formula is C13H16Cl3NO. The molecule has 0 radical (unpaired) electrons. The Morgan fingerprint density at radius 3 is 2.67 bits per heavy atom. The third-order valence-corrected chi connectivity index (χ3v) is 3.74. The lowest BCUT2D eigenvalue weighted by Crippen LogP contribution is -2.17. The zero-order chi connectivity index (χ0) is 12.3. The minimum absolute atomic E-state index is 0. The summed E-state index contributed by atoms with van der Waals surface area (Å²) in [7, 11) is 0. The average molecular weight is 309 g/mol. The van der Waals surface area contributed by atoms with Gasteiger partial charge in [-0.3, -0.25) is 0 Å². The van der Waals surface area contributed by atoms with Gasteiger partial charge in [-0.25, -0.2) is 0 Å². The number of aliphatic hydroxyl groups excluding tert-OH is 1. The van der Waals surface area contributed by atoms with Crippen molar-refractivity contribution < 1.29 is 5.11 Å². The van der Waals surface area contributed by atoms with E-state index in [2.05, 4.69) is 5.32 Å². The largest absolute Gasteiger partial charge is 0.392 e. The molecule has 1 aliphatic heterocycles. The summed E-state index contributed by atoms with van der Waals surface area (Å²) in [6.45, 7) is 1.81. The molecule has 0 saturated carbocycles. The van der Waals surface area contributed by atoms with Crippen molar-refractivity contribution >= 4 is 41.2 Å². The van der Waals surface area contributed by atoms with Gasteiger partial charge in [0.25, 0.3) is 0 Å². The summed E-state index contributed by atoms with van der Waals surface area (Å²) >= 11 is 11.9. The van der Waals surface area contributed by atoms with Gasteiger partial charge in [0.2, 0.25) is 0 Å². The molecule has 0 spiro atoms. The van der Waals surface area contributed by atoms with Gasteiger partial charge >= 0.3 is 0 Å². The first-order valence-corrected chi connectivity index (χ1v) is 6.46. The Labute approximate surface area is 123 Å². The van der Waals surface area contributed by atoms with Crippen molar-refractivity contribution in [3.8, 4) is 0 Å². The number of benzene rings is 1. The van der Waals surface area contributed by atoms with E-state index < -0.39 is 0 Å². The third kappa shape index (κ3) is 3.62. The number of aliphatic hydroxyl groups is 1. The van der Waals surface area contributed by atoms with Gasteiger partial charge in [-0.1, -0.05) is 29.3 Å². The predicted molar refractivity (Wildman–Crippen MR) is 79.8 cm³/mol. The molecule has 0 unspecified atom stereocenters. The van der Waals surface area contributed by atoms with Crippen LogP contribution in [0.4, 0.5) is 0 Å². The van der Waals surface area contributed by atoms with E-state index in [1.807, 2.05) is 12.1 Å². The molecule has 0 aliphatic carbocycles. The van der Waals surface area contributed by atoms with Crippen LogP contribution in [0, 0.1) is 0 Å². The molecule has 0 fully saturated rings. The summed E-state index contributed by atoms with van der Waals surface area (Å²) in [5.41, 5.74) is 3.30. The number of hydrogen-bond acceptors (Lipinski definition) is 2. The van der Waals surface area contributed by atoms with Gasteiger partial charge in [0, 0.05) is 6.54 Å². The summed E-state index contributed by atoms with van der Waals surface area (Å²) in [4.78, 5) is 0. The molecule has 100 valence electrons. The Morgan fingerprint density at radius 1 is 1.22 bits per heavy atom.